The number of hydrogen-bond donors (Lipinski definition) is 0. The summed E-state index contributed by atoms with van der Waals surface area (Å²) in [6.45, 7) is 0. The Morgan fingerprint density at radius 2 is 2.10 bits per heavy atom. The maximum Gasteiger partial charge on any atom is 0.270 e. The van der Waals surface area contributed by atoms with Crippen LogP contribution in [-0.2, 0) is 0 Å². The van der Waals surface area contributed by atoms with Crippen molar-refractivity contribution >= 4 is 27.5 Å². The maximum absolute atomic E-state index is 12.4. The minimum absolute atomic E-state index is 0.0525. The van der Waals surface area contributed by atoms with Gasteiger partial charge in [0.15, 0.2) is 0 Å². The van der Waals surface area contributed by atoms with Crippen molar-refractivity contribution in [1.29, 1.82) is 0 Å². The molecule has 0 spiro atoms. The van der Waals surface area contributed by atoms with E-state index in [2.05, 4.69) is 15.9 Å². The average molecular weight is 341 g/mol. The Balaban J connectivity index is 2.17. The first-order valence-electron chi connectivity index (χ1n) is 6.66. The Labute approximate surface area is 126 Å². The van der Waals surface area contributed by atoms with Crippen molar-refractivity contribution in [2.45, 2.75) is 36.6 Å². The molecule has 1 aromatic carbocycles. The highest BCUT2D eigenvalue weighted by Crippen LogP contribution is 2.29. The fourth-order valence-electron chi connectivity index (χ4n) is 2.61. The third-order valence-electron chi connectivity index (χ3n) is 3.77. The van der Waals surface area contributed by atoms with Gasteiger partial charge >= 0.3 is 0 Å². The summed E-state index contributed by atoms with van der Waals surface area (Å²) in [5.41, 5.74) is 0.315. The van der Waals surface area contributed by atoms with E-state index in [0.717, 1.165) is 19.3 Å². The zero-order chi connectivity index (χ0) is 14.7. The van der Waals surface area contributed by atoms with Gasteiger partial charge in [0, 0.05) is 35.6 Å². The molecule has 1 fully saturated rings. The smallest absolute Gasteiger partial charge is 0.270 e. The molecule has 2 atom stereocenters. The molecule has 1 aliphatic rings. The minimum atomic E-state index is -0.481. The van der Waals surface area contributed by atoms with Crippen LogP contribution >= 0.6 is 15.9 Å². The zero-order valence-corrected chi connectivity index (χ0v) is 12.9. The van der Waals surface area contributed by atoms with E-state index in [1.54, 1.807) is 24.1 Å². The number of nitro benzene ring substituents is 1. The second-order valence-electron chi connectivity index (χ2n) is 5.09. The summed E-state index contributed by atoms with van der Waals surface area (Å²) in [5, 5.41) is 10.8. The van der Waals surface area contributed by atoms with E-state index in [1.807, 2.05) is 0 Å². The first-order chi connectivity index (χ1) is 9.50. The number of nitro groups is 1. The monoisotopic (exact) mass is 340 g/mol. The van der Waals surface area contributed by atoms with Crippen molar-refractivity contribution in [3.63, 3.8) is 0 Å². The molecule has 1 saturated carbocycles. The van der Waals surface area contributed by atoms with Gasteiger partial charge in [-0.2, -0.15) is 0 Å². The Bertz CT molecular complexity index is 521. The molecule has 1 amide bonds. The molecular formula is C14H17BrN2O3. The molecule has 0 radical (unpaired) electrons. The van der Waals surface area contributed by atoms with Crippen LogP contribution in [0, 0.1) is 10.1 Å². The summed E-state index contributed by atoms with van der Waals surface area (Å²) < 4.78 is 0. The number of rotatable bonds is 3. The lowest BCUT2D eigenvalue weighted by Gasteiger charge is -2.35. The highest BCUT2D eigenvalue weighted by atomic mass is 79.9. The third-order valence-corrected chi connectivity index (χ3v) is 4.84. The molecule has 1 aliphatic carbocycles. The molecule has 6 heteroatoms. The first-order valence-corrected chi connectivity index (χ1v) is 7.58. The molecule has 0 saturated heterocycles. The summed E-state index contributed by atoms with van der Waals surface area (Å²) >= 11 is 3.63. The fraction of sp³-hybridized carbons (Fsp3) is 0.500. The van der Waals surface area contributed by atoms with Gasteiger partial charge in [0.25, 0.3) is 11.6 Å². The van der Waals surface area contributed by atoms with Gasteiger partial charge in [0.1, 0.15) is 0 Å². The summed E-state index contributed by atoms with van der Waals surface area (Å²) in [7, 11) is 1.77. The van der Waals surface area contributed by atoms with Gasteiger partial charge in [-0.25, -0.2) is 0 Å². The second kappa shape index (κ2) is 6.35. The molecule has 1 aromatic rings. The van der Waals surface area contributed by atoms with E-state index in [-0.39, 0.29) is 17.6 Å². The molecule has 2 rings (SSSR count). The predicted molar refractivity (Wildman–Crippen MR) is 80.2 cm³/mol. The van der Waals surface area contributed by atoms with E-state index in [9.17, 15) is 14.9 Å². The number of halogens is 1. The molecule has 0 N–H and O–H groups in total. The lowest BCUT2D eigenvalue weighted by molar-refractivity contribution is -0.384. The number of non-ortho nitro benzene ring substituents is 1. The molecular weight excluding hydrogens is 324 g/mol. The average Bonchev–Trinajstić information content (AvgIpc) is 2.46. The van der Waals surface area contributed by atoms with Gasteiger partial charge in [-0.05, 0) is 18.9 Å². The SMILES string of the molecule is CN(C(=O)c1cccc([N+](=O)[O-])c1)C1CCCCC1Br. The van der Waals surface area contributed by atoms with Crippen LogP contribution in [0.5, 0.6) is 0 Å². The van der Waals surface area contributed by atoms with E-state index < -0.39 is 4.92 Å². The van der Waals surface area contributed by atoms with E-state index in [4.69, 9.17) is 0 Å². The first kappa shape index (κ1) is 15.0. The molecule has 2 unspecified atom stereocenters. The van der Waals surface area contributed by atoms with Crippen LogP contribution in [0.3, 0.4) is 0 Å². The Kier molecular flexibility index (Phi) is 4.75. The highest BCUT2D eigenvalue weighted by molar-refractivity contribution is 9.09. The van der Waals surface area contributed by atoms with Crippen molar-refractivity contribution in [2.75, 3.05) is 7.05 Å². The predicted octanol–water partition coefficient (Wildman–Crippen LogP) is 3.37. The number of carbonyl (C=O) groups is 1. The fourth-order valence-corrected chi connectivity index (χ4v) is 3.55. The molecule has 0 aliphatic heterocycles. The van der Waals surface area contributed by atoms with E-state index >= 15 is 0 Å². The number of carbonyl (C=O) groups excluding carboxylic acids is 1. The molecule has 0 heterocycles. The second-order valence-corrected chi connectivity index (χ2v) is 6.27. The number of benzene rings is 1. The Morgan fingerprint density at radius 3 is 2.75 bits per heavy atom. The van der Waals surface area contributed by atoms with Gasteiger partial charge in [0.2, 0.25) is 0 Å². The maximum atomic E-state index is 12.4. The number of alkyl halides is 1. The van der Waals surface area contributed by atoms with Crippen LogP contribution in [0.1, 0.15) is 36.0 Å². The van der Waals surface area contributed by atoms with Crippen molar-refractivity contribution in [1.82, 2.24) is 4.90 Å². The molecule has 108 valence electrons. The van der Waals surface area contributed by atoms with E-state index in [0.29, 0.717) is 10.4 Å². The number of amides is 1. The zero-order valence-electron chi connectivity index (χ0n) is 11.3. The normalized spacial score (nSPS) is 22.3. The van der Waals surface area contributed by atoms with Gasteiger partial charge in [-0.15, -0.1) is 0 Å². The van der Waals surface area contributed by atoms with Gasteiger partial charge in [-0.3, -0.25) is 14.9 Å². The van der Waals surface area contributed by atoms with Crippen molar-refractivity contribution in [3.8, 4) is 0 Å². The number of nitrogens with zero attached hydrogens (tertiary/aromatic N) is 2. The topological polar surface area (TPSA) is 63.5 Å². The van der Waals surface area contributed by atoms with Gasteiger partial charge in [0.05, 0.1) is 4.92 Å². The molecule has 20 heavy (non-hydrogen) atoms. The quantitative estimate of drug-likeness (QED) is 0.481. The molecule has 5 nitrogen and oxygen atoms in total. The highest BCUT2D eigenvalue weighted by Gasteiger charge is 2.29. The summed E-state index contributed by atoms with van der Waals surface area (Å²) in [4.78, 5) is 24.7. The van der Waals surface area contributed by atoms with Crippen LogP contribution in [0.2, 0.25) is 0 Å². The minimum Gasteiger partial charge on any atom is -0.338 e. The van der Waals surface area contributed by atoms with Crippen LogP contribution < -0.4 is 0 Å². The van der Waals surface area contributed by atoms with Gasteiger partial charge < -0.3 is 4.90 Å². The van der Waals surface area contributed by atoms with Crippen molar-refractivity contribution in [3.05, 3.63) is 39.9 Å². The van der Waals surface area contributed by atoms with E-state index in [1.165, 1.54) is 18.6 Å². The largest absolute Gasteiger partial charge is 0.338 e. The summed E-state index contributed by atoms with van der Waals surface area (Å²) in [6, 6.07) is 6.05. The lowest BCUT2D eigenvalue weighted by Crippen LogP contribution is -2.44. The summed E-state index contributed by atoms with van der Waals surface area (Å²) in [6.07, 6.45) is 4.30. The van der Waals surface area contributed by atoms with Crippen LogP contribution in [0.15, 0.2) is 24.3 Å². The number of hydrogen-bond acceptors (Lipinski definition) is 3. The molecule has 0 aromatic heterocycles. The lowest BCUT2D eigenvalue weighted by atomic mass is 9.94. The van der Waals surface area contributed by atoms with Crippen LogP contribution in [-0.4, -0.2) is 33.6 Å². The van der Waals surface area contributed by atoms with Gasteiger partial charge in [-0.1, -0.05) is 34.8 Å². The molecule has 0 bridgehead atoms. The Morgan fingerprint density at radius 1 is 1.40 bits per heavy atom. The Hall–Kier alpha value is -1.43. The third kappa shape index (κ3) is 3.17. The standard InChI is InChI=1S/C14H17BrN2O3/c1-16(13-8-3-2-7-12(13)15)14(18)10-5-4-6-11(9-10)17(19)20/h4-6,9,12-13H,2-3,7-8H2,1H3. The summed E-state index contributed by atoms with van der Waals surface area (Å²) in [5.74, 6) is -0.162. The van der Waals surface area contributed by atoms with Crippen LogP contribution in [0.25, 0.3) is 0 Å². The van der Waals surface area contributed by atoms with Crippen LogP contribution in [0.4, 0.5) is 5.69 Å². The van der Waals surface area contributed by atoms with Crippen molar-refractivity contribution in [2.24, 2.45) is 0 Å². The van der Waals surface area contributed by atoms with Crippen molar-refractivity contribution < 1.29 is 9.72 Å².